The third-order valence-electron chi connectivity index (χ3n) is 2.90. The zero-order valence-corrected chi connectivity index (χ0v) is 14.4. The van der Waals surface area contributed by atoms with Crippen molar-refractivity contribution in [3.05, 3.63) is 32.5 Å². The molecule has 20 heavy (non-hydrogen) atoms. The summed E-state index contributed by atoms with van der Waals surface area (Å²) in [6.45, 7) is 2.08. The molecule has 0 fully saturated rings. The summed E-state index contributed by atoms with van der Waals surface area (Å²) in [4.78, 5) is 9.18. The van der Waals surface area contributed by atoms with Gasteiger partial charge in [-0.15, -0.1) is 0 Å². The van der Waals surface area contributed by atoms with Crippen molar-refractivity contribution in [2.75, 3.05) is 19.5 Å². The third-order valence-corrected chi connectivity index (χ3v) is 4.26. The van der Waals surface area contributed by atoms with Crippen LogP contribution in [-0.4, -0.2) is 24.1 Å². The number of ether oxygens (including phenoxy) is 1. The molecule has 0 bridgehead atoms. The summed E-state index contributed by atoms with van der Waals surface area (Å²) in [6.07, 6.45) is 0.846. The Morgan fingerprint density at radius 2 is 2.10 bits per heavy atom. The first-order chi connectivity index (χ1) is 9.60. The monoisotopic (exact) mass is 403 g/mol. The summed E-state index contributed by atoms with van der Waals surface area (Å²) in [5.41, 5.74) is 1.84. The molecule has 0 unspecified atom stereocenters. The Morgan fingerprint density at radius 1 is 1.35 bits per heavy atom. The summed E-state index contributed by atoms with van der Waals surface area (Å²) >= 11 is 8.25. The number of hydrogen-bond acceptors (Lipinski definition) is 4. The number of nitrogens with one attached hydrogen (secondary N) is 1. The number of aromatic nitrogens is 2. The molecule has 2 aromatic rings. The van der Waals surface area contributed by atoms with Crippen molar-refractivity contribution >= 4 is 40.0 Å². The second-order valence-electron chi connectivity index (χ2n) is 4.10. The van der Waals surface area contributed by atoms with Crippen molar-refractivity contribution in [3.63, 3.8) is 0 Å². The van der Waals surface area contributed by atoms with E-state index in [4.69, 9.17) is 16.3 Å². The van der Waals surface area contributed by atoms with Crippen molar-refractivity contribution in [3.8, 4) is 17.1 Å². The molecule has 106 valence electrons. The van der Waals surface area contributed by atoms with Gasteiger partial charge in [0.25, 0.3) is 0 Å². The van der Waals surface area contributed by atoms with Crippen LogP contribution < -0.4 is 10.1 Å². The Balaban J connectivity index is 2.63. The van der Waals surface area contributed by atoms with Crippen molar-refractivity contribution in [1.82, 2.24) is 9.97 Å². The normalized spacial score (nSPS) is 10.4. The Labute approximate surface area is 137 Å². The fourth-order valence-corrected chi connectivity index (χ4v) is 2.92. The van der Waals surface area contributed by atoms with Crippen molar-refractivity contribution < 1.29 is 4.74 Å². The van der Waals surface area contributed by atoms with Gasteiger partial charge in [0, 0.05) is 12.1 Å². The van der Waals surface area contributed by atoms with Gasteiger partial charge in [0.1, 0.15) is 11.6 Å². The lowest BCUT2D eigenvalue weighted by molar-refractivity contribution is 0.416. The van der Waals surface area contributed by atoms with E-state index >= 15 is 0 Å². The fourth-order valence-electron chi connectivity index (χ4n) is 1.86. The van der Waals surface area contributed by atoms with Crippen molar-refractivity contribution in [1.29, 1.82) is 0 Å². The van der Waals surface area contributed by atoms with Crippen LogP contribution in [0.3, 0.4) is 0 Å². The van der Waals surface area contributed by atoms with Crippen LogP contribution in [0.5, 0.6) is 5.75 Å². The van der Waals surface area contributed by atoms with Gasteiger partial charge >= 0.3 is 0 Å². The van der Waals surface area contributed by atoms with Gasteiger partial charge < -0.3 is 10.1 Å². The van der Waals surface area contributed by atoms with E-state index in [9.17, 15) is 0 Å². The summed E-state index contributed by atoms with van der Waals surface area (Å²) in [6, 6.07) is 5.45. The minimum atomic E-state index is 0.626. The zero-order chi connectivity index (χ0) is 14.7. The smallest absolute Gasteiger partial charge is 0.165 e. The highest BCUT2D eigenvalue weighted by molar-refractivity contribution is 14.1. The van der Waals surface area contributed by atoms with Crippen LogP contribution in [0.1, 0.15) is 12.6 Å². The average Bonchev–Trinajstić information content (AvgIpc) is 2.47. The van der Waals surface area contributed by atoms with Crippen LogP contribution in [0.2, 0.25) is 5.02 Å². The molecule has 0 atom stereocenters. The lowest BCUT2D eigenvalue weighted by atomic mass is 10.1. The highest BCUT2D eigenvalue weighted by Crippen LogP contribution is 2.32. The van der Waals surface area contributed by atoms with Crippen molar-refractivity contribution in [2.24, 2.45) is 0 Å². The Kier molecular flexibility index (Phi) is 5.04. The number of methoxy groups -OCH3 is 1. The Hall–Kier alpha value is -1.08. The second-order valence-corrected chi connectivity index (χ2v) is 5.62. The average molecular weight is 404 g/mol. The number of benzene rings is 1. The van der Waals surface area contributed by atoms with E-state index in [2.05, 4.69) is 44.8 Å². The van der Waals surface area contributed by atoms with E-state index in [1.807, 2.05) is 19.2 Å². The largest absolute Gasteiger partial charge is 0.496 e. The minimum absolute atomic E-state index is 0.626. The standard InChI is InChI=1S/C14H15ClIN3O/c1-4-10-12(16)14(17-2)19-13(18-10)9-6-5-8(15)7-11(9)20-3/h5-7H,4H2,1-3H3,(H,17,18,19). The SMILES string of the molecule is CCc1nc(-c2ccc(Cl)cc2OC)nc(NC)c1I. The number of nitrogens with zero attached hydrogens (tertiary/aromatic N) is 2. The quantitative estimate of drug-likeness (QED) is 0.784. The number of anilines is 1. The van der Waals surface area contributed by atoms with E-state index in [0.29, 0.717) is 16.6 Å². The molecule has 1 aromatic carbocycles. The molecule has 1 heterocycles. The lowest BCUT2D eigenvalue weighted by Gasteiger charge is -2.12. The first-order valence-corrected chi connectivity index (χ1v) is 7.64. The molecule has 0 amide bonds. The van der Waals surface area contributed by atoms with E-state index in [1.54, 1.807) is 13.2 Å². The predicted molar refractivity (Wildman–Crippen MR) is 90.7 cm³/mol. The number of hydrogen-bond donors (Lipinski definition) is 1. The number of aryl methyl sites for hydroxylation is 1. The summed E-state index contributed by atoms with van der Waals surface area (Å²) in [5.74, 6) is 2.13. The van der Waals surface area contributed by atoms with Crippen LogP contribution in [0.4, 0.5) is 5.82 Å². The zero-order valence-electron chi connectivity index (χ0n) is 11.5. The van der Waals surface area contributed by atoms with Gasteiger partial charge in [-0.2, -0.15) is 0 Å². The molecule has 0 aliphatic carbocycles. The highest BCUT2D eigenvalue weighted by Gasteiger charge is 2.14. The maximum Gasteiger partial charge on any atom is 0.165 e. The molecule has 0 saturated heterocycles. The first-order valence-electron chi connectivity index (χ1n) is 6.18. The molecule has 0 spiro atoms. The lowest BCUT2D eigenvalue weighted by Crippen LogP contribution is -2.05. The Morgan fingerprint density at radius 3 is 2.70 bits per heavy atom. The van der Waals surface area contributed by atoms with Crippen LogP contribution in [0, 0.1) is 3.57 Å². The maximum atomic E-state index is 5.99. The molecule has 4 nitrogen and oxygen atoms in total. The Bertz CT molecular complexity index is 609. The molecule has 0 saturated carbocycles. The van der Waals surface area contributed by atoms with Crippen LogP contribution in [0.15, 0.2) is 18.2 Å². The van der Waals surface area contributed by atoms with Gasteiger partial charge in [0.2, 0.25) is 0 Å². The van der Waals surface area contributed by atoms with E-state index < -0.39 is 0 Å². The molecular weight excluding hydrogens is 389 g/mol. The van der Waals surface area contributed by atoms with Crippen LogP contribution in [0.25, 0.3) is 11.4 Å². The first kappa shape index (κ1) is 15.3. The van der Waals surface area contributed by atoms with Gasteiger partial charge in [-0.1, -0.05) is 18.5 Å². The molecule has 1 N–H and O–H groups in total. The van der Waals surface area contributed by atoms with Gasteiger partial charge in [-0.25, -0.2) is 9.97 Å². The minimum Gasteiger partial charge on any atom is -0.496 e. The van der Waals surface area contributed by atoms with Gasteiger partial charge in [0.15, 0.2) is 5.82 Å². The second kappa shape index (κ2) is 6.58. The third kappa shape index (κ3) is 2.98. The number of rotatable bonds is 4. The molecular formula is C14H15ClIN3O. The van der Waals surface area contributed by atoms with E-state index in [1.165, 1.54) is 0 Å². The predicted octanol–water partition coefficient (Wildman–Crippen LogP) is 4.01. The van der Waals surface area contributed by atoms with Gasteiger partial charge in [-0.3, -0.25) is 0 Å². The molecule has 0 aliphatic rings. The highest BCUT2D eigenvalue weighted by atomic mass is 127. The van der Waals surface area contributed by atoms with Gasteiger partial charge in [0.05, 0.1) is 21.9 Å². The molecule has 1 aromatic heterocycles. The van der Waals surface area contributed by atoms with E-state index in [0.717, 1.165) is 27.1 Å². The number of halogens is 2. The van der Waals surface area contributed by atoms with Crippen LogP contribution >= 0.6 is 34.2 Å². The summed E-state index contributed by atoms with van der Waals surface area (Å²) in [7, 11) is 3.47. The summed E-state index contributed by atoms with van der Waals surface area (Å²) in [5, 5.41) is 3.73. The summed E-state index contributed by atoms with van der Waals surface area (Å²) < 4.78 is 6.42. The van der Waals surface area contributed by atoms with E-state index in [-0.39, 0.29) is 0 Å². The molecule has 0 aliphatic heterocycles. The molecule has 6 heteroatoms. The van der Waals surface area contributed by atoms with Crippen molar-refractivity contribution in [2.45, 2.75) is 13.3 Å². The van der Waals surface area contributed by atoms with Crippen LogP contribution in [-0.2, 0) is 6.42 Å². The maximum absolute atomic E-state index is 5.99. The topological polar surface area (TPSA) is 47.0 Å². The van der Waals surface area contributed by atoms with Gasteiger partial charge in [-0.05, 0) is 47.2 Å². The fraction of sp³-hybridized carbons (Fsp3) is 0.286. The molecule has 2 rings (SSSR count). The molecule has 0 radical (unpaired) electrons.